The van der Waals surface area contributed by atoms with Gasteiger partial charge in [0.1, 0.15) is 0 Å². The van der Waals surface area contributed by atoms with Gasteiger partial charge < -0.3 is 4.90 Å². The first kappa shape index (κ1) is 20.4. The van der Waals surface area contributed by atoms with E-state index >= 15 is 0 Å². The molecule has 7 heteroatoms. The molecule has 30 heavy (non-hydrogen) atoms. The van der Waals surface area contributed by atoms with Crippen molar-refractivity contribution in [3.05, 3.63) is 82.6 Å². The van der Waals surface area contributed by atoms with Gasteiger partial charge in [0.05, 0.1) is 12.3 Å². The molecule has 0 aliphatic heterocycles. The fourth-order valence-electron chi connectivity index (χ4n) is 3.05. The lowest BCUT2D eigenvalue weighted by Crippen LogP contribution is -2.27. The van der Waals surface area contributed by atoms with E-state index in [1.54, 1.807) is 16.2 Å². The summed E-state index contributed by atoms with van der Waals surface area (Å²) in [6, 6.07) is 22.1. The number of nitrogens with zero attached hydrogens (tertiary/aromatic N) is 4. The molecule has 0 N–H and O–H groups in total. The average Bonchev–Trinajstić information content (AvgIpc) is 3.39. The maximum absolute atomic E-state index is 12.7. The number of carbonyl (C=O) groups is 1. The topological polar surface area (TPSA) is 51.0 Å². The van der Waals surface area contributed by atoms with Crippen molar-refractivity contribution in [1.82, 2.24) is 19.7 Å². The van der Waals surface area contributed by atoms with Crippen LogP contribution in [-0.4, -0.2) is 38.4 Å². The summed E-state index contributed by atoms with van der Waals surface area (Å²) in [5, 5.41) is 11.6. The van der Waals surface area contributed by atoms with E-state index in [9.17, 15) is 4.79 Å². The summed E-state index contributed by atoms with van der Waals surface area (Å²) in [4.78, 5) is 15.7. The predicted octanol–water partition coefficient (Wildman–Crippen LogP) is 5.05. The molecule has 5 nitrogen and oxygen atoms in total. The minimum Gasteiger partial charge on any atom is -0.340 e. The number of amides is 1. The second-order valence-electron chi connectivity index (χ2n) is 6.91. The zero-order chi connectivity index (χ0) is 20.9. The number of hydrogen-bond acceptors (Lipinski definition) is 5. The number of thioether (sulfide) groups is 1. The summed E-state index contributed by atoms with van der Waals surface area (Å²) >= 11 is 3.10. The highest BCUT2D eigenvalue weighted by atomic mass is 32.2. The number of rotatable bonds is 7. The van der Waals surface area contributed by atoms with Crippen LogP contribution in [0.4, 0.5) is 0 Å². The smallest absolute Gasteiger partial charge is 0.233 e. The third-order valence-corrected chi connectivity index (χ3v) is 6.70. The zero-order valence-electron chi connectivity index (χ0n) is 16.9. The van der Waals surface area contributed by atoms with Crippen molar-refractivity contribution in [3.63, 3.8) is 0 Å². The van der Waals surface area contributed by atoms with E-state index in [-0.39, 0.29) is 5.91 Å². The first-order valence-electron chi connectivity index (χ1n) is 9.59. The Kier molecular flexibility index (Phi) is 6.30. The molecule has 4 rings (SSSR count). The molecule has 0 atom stereocenters. The van der Waals surface area contributed by atoms with Gasteiger partial charge in [0.25, 0.3) is 0 Å². The summed E-state index contributed by atoms with van der Waals surface area (Å²) in [6.07, 6.45) is 0. The van der Waals surface area contributed by atoms with Gasteiger partial charge in [0.2, 0.25) is 5.91 Å². The van der Waals surface area contributed by atoms with Crippen LogP contribution in [0, 0.1) is 6.92 Å². The minimum absolute atomic E-state index is 0.0664. The molecule has 0 aliphatic carbocycles. The lowest BCUT2D eigenvalue weighted by atomic mass is 10.2. The van der Waals surface area contributed by atoms with Crippen LogP contribution in [0.25, 0.3) is 17.1 Å². The fourth-order valence-corrected chi connectivity index (χ4v) is 4.90. The monoisotopic (exact) mass is 434 g/mol. The molecular weight excluding hydrogens is 412 g/mol. The van der Waals surface area contributed by atoms with Gasteiger partial charge in [-0.3, -0.25) is 9.36 Å². The Balaban J connectivity index is 1.55. The standard InChI is InChI=1S/C23H22N4OS2/c1-17-13-14-29-20(17)15-26(2)21(28)16-30-23-25-24-22(18-9-5-3-6-10-18)27(23)19-11-7-4-8-12-19/h3-14H,15-16H2,1-2H3. The largest absolute Gasteiger partial charge is 0.340 e. The number of carbonyl (C=O) groups excluding carboxylic acids is 1. The highest BCUT2D eigenvalue weighted by molar-refractivity contribution is 7.99. The van der Waals surface area contributed by atoms with E-state index in [0.717, 1.165) is 17.1 Å². The molecule has 2 aromatic carbocycles. The summed E-state index contributed by atoms with van der Waals surface area (Å²) < 4.78 is 2.01. The highest BCUT2D eigenvalue weighted by Crippen LogP contribution is 2.28. The van der Waals surface area contributed by atoms with Crippen LogP contribution in [0.1, 0.15) is 10.4 Å². The van der Waals surface area contributed by atoms with Gasteiger partial charge in [-0.1, -0.05) is 60.3 Å². The number of aryl methyl sites for hydroxylation is 1. The zero-order valence-corrected chi connectivity index (χ0v) is 18.5. The van der Waals surface area contributed by atoms with Gasteiger partial charge in [-0.05, 0) is 36.1 Å². The van der Waals surface area contributed by atoms with Crippen molar-refractivity contribution >= 4 is 29.0 Å². The third kappa shape index (κ3) is 4.47. The summed E-state index contributed by atoms with van der Waals surface area (Å²) in [6.45, 7) is 2.70. The number of para-hydroxylation sites is 1. The van der Waals surface area contributed by atoms with E-state index in [2.05, 4.69) is 28.6 Å². The van der Waals surface area contributed by atoms with Crippen LogP contribution in [-0.2, 0) is 11.3 Å². The van der Waals surface area contributed by atoms with Crippen molar-refractivity contribution < 1.29 is 4.79 Å². The van der Waals surface area contributed by atoms with Crippen molar-refractivity contribution in [2.45, 2.75) is 18.6 Å². The Morgan fingerprint density at radius 2 is 1.73 bits per heavy atom. The Labute approximate surface area is 184 Å². The van der Waals surface area contributed by atoms with Crippen molar-refractivity contribution in [3.8, 4) is 17.1 Å². The molecule has 0 fully saturated rings. The van der Waals surface area contributed by atoms with Gasteiger partial charge >= 0.3 is 0 Å². The summed E-state index contributed by atoms with van der Waals surface area (Å²) in [5.41, 5.74) is 3.18. The van der Waals surface area contributed by atoms with Crippen LogP contribution in [0.3, 0.4) is 0 Å². The van der Waals surface area contributed by atoms with E-state index < -0.39 is 0 Å². The maximum Gasteiger partial charge on any atom is 0.233 e. The Morgan fingerprint density at radius 3 is 2.40 bits per heavy atom. The normalized spacial score (nSPS) is 10.9. The van der Waals surface area contributed by atoms with E-state index in [4.69, 9.17) is 0 Å². The molecule has 0 spiro atoms. The third-order valence-electron chi connectivity index (χ3n) is 4.78. The quantitative estimate of drug-likeness (QED) is 0.382. The second-order valence-corrected chi connectivity index (χ2v) is 8.85. The van der Waals surface area contributed by atoms with Crippen LogP contribution < -0.4 is 0 Å². The maximum atomic E-state index is 12.7. The average molecular weight is 435 g/mol. The molecule has 152 valence electrons. The van der Waals surface area contributed by atoms with Crippen LogP contribution in [0.2, 0.25) is 0 Å². The number of aromatic nitrogens is 3. The summed E-state index contributed by atoms with van der Waals surface area (Å²) in [5.74, 6) is 1.14. The minimum atomic E-state index is 0.0664. The van der Waals surface area contributed by atoms with Gasteiger partial charge in [-0.15, -0.1) is 21.5 Å². The Hall–Kier alpha value is -2.90. The molecule has 0 aliphatic rings. The molecular formula is C23H22N4OS2. The first-order chi connectivity index (χ1) is 14.6. The molecule has 2 aromatic heterocycles. The number of hydrogen-bond donors (Lipinski definition) is 0. The molecule has 0 saturated carbocycles. The molecule has 0 bridgehead atoms. The van der Waals surface area contributed by atoms with E-state index in [1.165, 1.54) is 22.2 Å². The van der Waals surface area contributed by atoms with Crippen molar-refractivity contribution in [1.29, 1.82) is 0 Å². The van der Waals surface area contributed by atoms with Crippen LogP contribution in [0.15, 0.2) is 77.3 Å². The number of thiophene rings is 1. The second kappa shape index (κ2) is 9.28. The molecule has 2 heterocycles. The van der Waals surface area contributed by atoms with Crippen molar-refractivity contribution in [2.24, 2.45) is 0 Å². The van der Waals surface area contributed by atoms with E-state index in [0.29, 0.717) is 17.5 Å². The Morgan fingerprint density at radius 1 is 1.03 bits per heavy atom. The van der Waals surface area contributed by atoms with Gasteiger partial charge in [0, 0.05) is 23.2 Å². The van der Waals surface area contributed by atoms with Gasteiger partial charge in [-0.2, -0.15) is 0 Å². The number of benzene rings is 2. The first-order valence-corrected chi connectivity index (χ1v) is 11.5. The molecule has 1 amide bonds. The van der Waals surface area contributed by atoms with E-state index in [1.807, 2.05) is 72.3 Å². The van der Waals surface area contributed by atoms with Gasteiger partial charge in [0.15, 0.2) is 11.0 Å². The molecule has 0 unspecified atom stereocenters. The van der Waals surface area contributed by atoms with Crippen LogP contribution >= 0.6 is 23.1 Å². The molecule has 4 aromatic rings. The lowest BCUT2D eigenvalue weighted by molar-refractivity contribution is -0.127. The Bertz CT molecular complexity index is 1120. The van der Waals surface area contributed by atoms with Crippen molar-refractivity contribution in [2.75, 3.05) is 12.8 Å². The van der Waals surface area contributed by atoms with Crippen LogP contribution in [0.5, 0.6) is 0 Å². The predicted molar refractivity (Wildman–Crippen MR) is 123 cm³/mol. The molecule has 0 radical (unpaired) electrons. The molecule has 0 saturated heterocycles. The summed E-state index contributed by atoms with van der Waals surface area (Å²) in [7, 11) is 1.85. The fraction of sp³-hybridized carbons (Fsp3) is 0.174. The lowest BCUT2D eigenvalue weighted by Gasteiger charge is -2.17. The highest BCUT2D eigenvalue weighted by Gasteiger charge is 2.18. The van der Waals surface area contributed by atoms with Gasteiger partial charge in [-0.25, -0.2) is 0 Å². The SMILES string of the molecule is Cc1ccsc1CN(C)C(=O)CSc1nnc(-c2ccccc2)n1-c1ccccc1.